The fourth-order valence-corrected chi connectivity index (χ4v) is 3.80. The van der Waals surface area contributed by atoms with Gasteiger partial charge in [0.25, 0.3) is 0 Å². The molecule has 5 heteroatoms. The number of nitrogens with one attached hydrogen (secondary N) is 2. The third-order valence-corrected chi connectivity index (χ3v) is 5.57. The van der Waals surface area contributed by atoms with Gasteiger partial charge in [-0.3, -0.25) is 0 Å². The number of hydrogen-bond donors (Lipinski definition) is 2. The lowest BCUT2D eigenvalue weighted by molar-refractivity contribution is 0.574. The maximum Gasteiger partial charge on any atom is 0.240 e. The quantitative estimate of drug-likeness (QED) is 0.814. The highest BCUT2D eigenvalue weighted by Gasteiger charge is 2.38. The molecule has 0 saturated heterocycles. The van der Waals surface area contributed by atoms with Gasteiger partial charge in [-0.2, -0.15) is 0 Å². The van der Waals surface area contributed by atoms with Gasteiger partial charge in [0, 0.05) is 18.6 Å². The predicted octanol–water partition coefficient (Wildman–Crippen LogP) is 2.57. The summed E-state index contributed by atoms with van der Waals surface area (Å²) in [7, 11) is -3.40. The predicted molar refractivity (Wildman–Crippen MR) is 85.7 cm³/mol. The highest BCUT2D eigenvalue weighted by Crippen LogP contribution is 2.34. The number of benzene rings is 1. The second-order valence-corrected chi connectivity index (χ2v) is 7.97. The summed E-state index contributed by atoms with van der Waals surface area (Å²) in [5.41, 5.74) is 2.15. The van der Waals surface area contributed by atoms with Crippen LogP contribution in [0.4, 0.5) is 0 Å². The van der Waals surface area contributed by atoms with Crippen molar-refractivity contribution in [3.8, 4) is 0 Å². The van der Waals surface area contributed by atoms with Crippen molar-refractivity contribution in [3.05, 3.63) is 29.3 Å². The van der Waals surface area contributed by atoms with Gasteiger partial charge in [-0.15, -0.1) is 0 Å². The molecule has 118 valence electrons. The van der Waals surface area contributed by atoms with Gasteiger partial charge in [-0.25, -0.2) is 13.1 Å². The van der Waals surface area contributed by atoms with Crippen LogP contribution in [-0.2, 0) is 16.6 Å². The first-order chi connectivity index (χ1) is 9.83. The van der Waals surface area contributed by atoms with Crippen LogP contribution >= 0.6 is 0 Å². The molecule has 0 heterocycles. The smallest absolute Gasteiger partial charge is 0.240 e. The van der Waals surface area contributed by atoms with Gasteiger partial charge in [-0.05, 0) is 42.5 Å². The molecule has 2 unspecified atom stereocenters. The molecule has 1 aliphatic carbocycles. The highest BCUT2D eigenvalue weighted by atomic mass is 32.2. The van der Waals surface area contributed by atoms with E-state index in [9.17, 15) is 8.42 Å². The molecule has 1 saturated carbocycles. The molecule has 1 aliphatic rings. The van der Waals surface area contributed by atoms with Crippen LogP contribution in [0.15, 0.2) is 23.1 Å². The molecular formula is C16H26N2O2S. The van der Waals surface area contributed by atoms with Crippen molar-refractivity contribution in [3.63, 3.8) is 0 Å². The minimum Gasteiger partial charge on any atom is -0.310 e. The van der Waals surface area contributed by atoms with E-state index in [1.54, 1.807) is 12.1 Å². The zero-order valence-corrected chi connectivity index (χ0v) is 14.1. The maximum atomic E-state index is 12.4. The molecule has 0 amide bonds. The number of rotatable bonds is 7. The standard InChI is InChI=1S/C16H26N2O2S/c1-5-13-9-16(13)18-21(19,20)15-7-6-12(4)14(8-15)10-17-11(2)3/h6-8,11,13,16-18H,5,9-10H2,1-4H3. The van der Waals surface area contributed by atoms with Crippen LogP contribution in [0.3, 0.4) is 0 Å². The minimum atomic E-state index is -3.40. The Hall–Kier alpha value is -0.910. The van der Waals surface area contributed by atoms with E-state index >= 15 is 0 Å². The van der Waals surface area contributed by atoms with Crippen molar-refractivity contribution in [1.82, 2.24) is 10.0 Å². The van der Waals surface area contributed by atoms with E-state index in [1.165, 1.54) is 0 Å². The molecule has 0 spiro atoms. The van der Waals surface area contributed by atoms with Gasteiger partial charge in [0.15, 0.2) is 0 Å². The van der Waals surface area contributed by atoms with E-state index in [-0.39, 0.29) is 6.04 Å². The largest absolute Gasteiger partial charge is 0.310 e. The highest BCUT2D eigenvalue weighted by molar-refractivity contribution is 7.89. The van der Waals surface area contributed by atoms with E-state index in [1.807, 2.05) is 13.0 Å². The summed E-state index contributed by atoms with van der Waals surface area (Å²) in [4.78, 5) is 0.371. The SMILES string of the molecule is CCC1CC1NS(=O)(=O)c1ccc(C)c(CNC(C)C)c1. The van der Waals surface area contributed by atoms with Crippen LogP contribution in [0.5, 0.6) is 0 Å². The van der Waals surface area contributed by atoms with Crippen molar-refractivity contribution < 1.29 is 8.42 Å². The Labute approximate surface area is 128 Å². The van der Waals surface area contributed by atoms with Crippen molar-refractivity contribution in [2.24, 2.45) is 5.92 Å². The third kappa shape index (κ3) is 4.28. The monoisotopic (exact) mass is 310 g/mol. The van der Waals surface area contributed by atoms with Gasteiger partial charge in [0.1, 0.15) is 0 Å². The van der Waals surface area contributed by atoms with Crippen molar-refractivity contribution >= 4 is 10.0 Å². The Kier molecular flexibility index (Phi) is 5.07. The Bertz CT molecular complexity index is 596. The van der Waals surface area contributed by atoms with Crippen molar-refractivity contribution in [2.75, 3.05) is 0 Å². The molecule has 2 rings (SSSR count). The summed E-state index contributed by atoms with van der Waals surface area (Å²) in [6, 6.07) is 5.87. The Morgan fingerprint density at radius 1 is 1.33 bits per heavy atom. The molecule has 21 heavy (non-hydrogen) atoms. The topological polar surface area (TPSA) is 58.2 Å². The summed E-state index contributed by atoms with van der Waals surface area (Å²) in [6.45, 7) is 8.95. The lowest BCUT2D eigenvalue weighted by Gasteiger charge is -2.13. The van der Waals surface area contributed by atoms with Crippen LogP contribution in [0.25, 0.3) is 0 Å². The first-order valence-electron chi connectivity index (χ1n) is 7.68. The van der Waals surface area contributed by atoms with Crippen LogP contribution in [0, 0.1) is 12.8 Å². The van der Waals surface area contributed by atoms with Crippen LogP contribution in [0.1, 0.15) is 44.7 Å². The molecule has 4 nitrogen and oxygen atoms in total. The van der Waals surface area contributed by atoms with Crippen molar-refractivity contribution in [2.45, 2.75) is 64.1 Å². The first kappa shape index (κ1) is 16.5. The lowest BCUT2D eigenvalue weighted by atomic mass is 10.1. The fourth-order valence-electron chi connectivity index (χ4n) is 2.43. The molecule has 1 fully saturated rings. The average molecular weight is 310 g/mol. The zero-order chi connectivity index (χ0) is 15.6. The molecular weight excluding hydrogens is 284 g/mol. The van der Waals surface area contributed by atoms with Crippen LogP contribution in [-0.4, -0.2) is 20.5 Å². The number of aryl methyl sites for hydroxylation is 1. The maximum absolute atomic E-state index is 12.4. The summed E-state index contributed by atoms with van der Waals surface area (Å²) in [6.07, 6.45) is 1.99. The van der Waals surface area contributed by atoms with Gasteiger partial charge in [-0.1, -0.05) is 33.3 Å². The molecule has 2 N–H and O–H groups in total. The molecule has 2 atom stereocenters. The van der Waals surface area contributed by atoms with E-state index in [2.05, 4.69) is 30.8 Å². The van der Waals surface area contributed by atoms with Gasteiger partial charge in [0.2, 0.25) is 10.0 Å². The van der Waals surface area contributed by atoms with Crippen molar-refractivity contribution in [1.29, 1.82) is 0 Å². The molecule has 0 bridgehead atoms. The minimum absolute atomic E-state index is 0.124. The number of hydrogen-bond acceptors (Lipinski definition) is 3. The Balaban J connectivity index is 2.13. The second kappa shape index (κ2) is 6.46. The van der Waals surface area contributed by atoms with Gasteiger partial charge < -0.3 is 5.32 Å². The van der Waals surface area contributed by atoms with Gasteiger partial charge >= 0.3 is 0 Å². The summed E-state index contributed by atoms with van der Waals surface area (Å²) < 4.78 is 27.6. The Morgan fingerprint density at radius 3 is 2.62 bits per heavy atom. The van der Waals surface area contributed by atoms with Crippen LogP contribution < -0.4 is 10.0 Å². The third-order valence-electron chi connectivity index (χ3n) is 4.09. The molecule has 0 radical (unpaired) electrons. The summed E-state index contributed by atoms with van der Waals surface area (Å²) >= 11 is 0. The fraction of sp³-hybridized carbons (Fsp3) is 0.625. The van der Waals surface area contributed by atoms with E-state index < -0.39 is 10.0 Å². The normalized spacial score (nSPS) is 21.8. The molecule has 0 aromatic heterocycles. The van der Waals surface area contributed by atoms with Gasteiger partial charge in [0.05, 0.1) is 4.90 Å². The van der Waals surface area contributed by atoms with Crippen LogP contribution in [0.2, 0.25) is 0 Å². The van der Waals surface area contributed by atoms with E-state index in [0.29, 0.717) is 23.4 Å². The molecule has 0 aliphatic heterocycles. The Morgan fingerprint density at radius 2 is 2.05 bits per heavy atom. The zero-order valence-electron chi connectivity index (χ0n) is 13.3. The average Bonchev–Trinajstić information content (AvgIpc) is 3.14. The number of sulfonamides is 1. The molecule has 1 aromatic rings. The van der Waals surface area contributed by atoms with E-state index in [0.717, 1.165) is 24.0 Å². The second-order valence-electron chi connectivity index (χ2n) is 6.26. The van der Waals surface area contributed by atoms with E-state index in [4.69, 9.17) is 0 Å². The lowest BCUT2D eigenvalue weighted by Crippen LogP contribution is -2.27. The molecule has 1 aromatic carbocycles. The summed E-state index contributed by atoms with van der Waals surface area (Å²) in [5, 5.41) is 3.34. The first-order valence-corrected chi connectivity index (χ1v) is 9.17. The summed E-state index contributed by atoms with van der Waals surface area (Å²) in [5.74, 6) is 0.507.